The number of H-pyrrole nitrogens is 2. The lowest BCUT2D eigenvalue weighted by atomic mass is 10.0. The van der Waals surface area contributed by atoms with E-state index in [0.29, 0.717) is 46.0 Å². The summed E-state index contributed by atoms with van der Waals surface area (Å²) in [5.41, 5.74) is 5.00. The fourth-order valence-electron chi connectivity index (χ4n) is 8.07. The van der Waals surface area contributed by atoms with Gasteiger partial charge in [-0.2, -0.15) is 0 Å². The molecule has 3 fully saturated rings. The van der Waals surface area contributed by atoms with Crippen LogP contribution in [-0.2, 0) is 13.6 Å². The van der Waals surface area contributed by atoms with Gasteiger partial charge in [-0.05, 0) is 85.9 Å². The third-order valence-electron chi connectivity index (χ3n) is 10.8. The molecule has 2 aliphatic carbocycles. The Kier molecular flexibility index (Phi) is 6.06. The van der Waals surface area contributed by atoms with Gasteiger partial charge in [-0.1, -0.05) is 13.0 Å². The van der Waals surface area contributed by atoms with Crippen LogP contribution in [0.15, 0.2) is 58.1 Å². The molecule has 1 amide bonds. The first-order chi connectivity index (χ1) is 22.8. The van der Waals surface area contributed by atoms with E-state index in [1.54, 1.807) is 19.2 Å². The summed E-state index contributed by atoms with van der Waals surface area (Å²) in [4.78, 5) is 55.3. The first kappa shape index (κ1) is 28.1. The number of hydrogen-bond acceptors (Lipinski definition) is 6. The van der Waals surface area contributed by atoms with E-state index in [1.807, 2.05) is 31.3 Å². The highest BCUT2D eigenvalue weighted by Gasteiger charge is 2.46. The van der Waals surface area contributed by atoms with Crippen LogP contribution < -0.4 is 16.0 Å². The Morgan fingerprint density at radius 3 is 2.60 bits per heavy atom. The van der Waals surface area contributed by atoms with Gasteiger partial charge in [0.05, 0.1) is 34.9 Å². The second-order valence-corrected chi connectivity index (χ2v) is 13.6. The predicted octanol–water partition coefficient (Wildman–Crippen LogP) is 5.08. The molecule has 238 valence electrons. The zero-order valence-electron chi connectivity index (χ0n) is 26.5. The number of imidazole rings is 1. The van der Waals surface area contributed by atoms with Crippen LogP contribution in [0, 0.1) is 17.8 Å². The van der Waals surface area contributed by atoms with Gasteiger partial charge in [-0.3, -0.25) is 14.6 Å². The highest BCUT2D eigenvalue weighted by atomic mass is 16.5. The second kappa shape index (κ2) is 10.2. The summed E-state index contributed by atoms with van der Waals surface area (Å²) in [5, 5.41) is 1.40. The molecule has 2 aromatic carbocycles. The molecule has 1 aliphatic heterocycles. The van der Waals surface area contributed by atoms with E-state index in [2.05, 4.69) is 43.1 Å². The molecule has 4 aromatic heterocycles. The van der Waals surface area contributed by atoms with Crippen LogP contribution in [0.2, 0.25) is 0 Å². The summed E-state index contributed by atoms with van der Waals surface area (Å²) in [6.07, 6.45) is 4.62. The number of benzene rings is 2. The van der Waals surface area contributed by atoms with Gasteiger partial charge in [-0.15, -0.1) is 0 Å². The monoisotopic (exact) mass is 629 g/mol. The molecule has 0 radical (unpaired) electrons. The predicted molar refractivity (Wildman–Crippen MR) is 180 cm³/mol. The second-order valence-electron chi connectivity index (χ2n) is 13.6. The topological polar surface area (TPSA) is 131 Å². The van der Waals surface area contributed by atoms with Gasteiger partial charge in [0.15, 0.2) is 5.82 Å². The number of likely N-dealkylation sites (tertiary alicyclic amines) is 1. The molecule has 0 spiro atoms. The van der Waals surface area contributed by atoms with Crippen molar-refractivity contribution in [2.24, 2.45) is 24.8 Å². The molecule has 11 heteroatoms. The lowest BCUT2D eigenvalue weighted by Gasteiger charge is -2.27. The number of aromatic amines is 2. The van der Waals surface area contributed by atoms with Crippen LogP contribution in [0.4, 0.5) is 0 Å². The van der Waals surface area contributed by atoms with Crippen LogP contribution in [-0.4, -0.2) is 59.6 Å². The minimum absolute atomic E-state index is 0.0541. The lowest BCUT2D eigenvalue weighted by molar-refractivity contribution is 0.0696. The van der Waals surface area contributed by atoms with Crippen molar-refractivity contribution in [2.45, 2.75) is 45.2 Å². The van der Waals surface area contributed by atoms with Crippen LogP contribution in [0.3, 0.4) is 0 Å². The Morgan fingerprint density at radius 1 is 1.00 bits per heavy atom. The molecule has 47 heavy (non-hydrogen) atoms. The molecule has 5 heterocycles. The minimum Gasteiger partial charge on any atom is -0.494 e. The van der Waals surface area contributed by atoms with Gasteiger partial charge in [-0.25, -0.2) is 14.8 Å². The van der Waals surface area contributed by atoms with Crippen LogP contribution in [0.1, 0.15) is 43.0 Å². The maximum absolute atomic E-state index is 13.8. The average molecular weight is 630 g/mol. The lowest BCUT2D eigenvalue weighted by Crippen LogP contribution is -2.38. The minimum atomic E-state index is -0.542. The highest BCUT2D eigenvalue weighted by Crippen LogP contribution is 2.44. The van der Waals surface area contributed by atoms with Crippen molar-refractivity contribution < 1.29 is 9.53 Å². The van der Waals surface area contributed by atoms with E-state index in [9.17, 15) is 14.4 Å². The maximum atomic E-state index is 13.8. The molecule has 2 N–H and O–H groups in total. The number of nitrogens with zero attached hydrogens (tertiary/aromatic N) is 5. The summed E-state index contributed by atoms with van der Waals surface area (Å²) < 4.78 is 10.2. The number of amides is 1. The van der Waals surface area contributed by atoms with E-state index in [0.717, 1.165) is 64.4 Å². The quantitative estimate of drug-likeness (QED) is 0.264. The summed E-state index contributed by atoms with van der Waals surface area (Å²) >= 11 is 0. The van der Waals surface area contributed by atoms with Crippen molar-refractivity contribution in [3.8, 4) is 28.5 Å². The number of pyridine rings is 1. The first-order valence-electron chi connectivity index (χ1n) is 16.4. The molecular formula is C36H35N7O4. The Morgan fingerprint density at radius 2 is 1.85 bits per heavy atom. The standard InChI is InChI=1S/C36H35N7O4/c1-18-22-8-11-28(18)43(17-22)35(45)23-13-27-31(30(15-23)47-3)41(2)33(38-27)29-14-21-7-10-25(37-32(21)42(29)16-19-4-5-19)20-6-9-24-26(12-20)39-36(46)40-34(24)44/h6-7,9-10,12-15,18-19,22,28H,4-5,8,11,16-17H2,1-3H3,(H2,39,40,44,46)/t18-,22?,28?/m1/s1. The molecule has 1 saturated heterocycles. The van der Waals surface area contributed by atoms with E-state index in [-0.39, 0.29) is 5.91 Å². The average Bonchev–Trinajstić information content (AvgIpc) is 3.47. The normalized spacial score (nSPS) is 20.7. The van der Waals surface area contributed by atoms with E-state index in [1.165, 1.54) is 19.3 Å². The van der Waals surface area contributed by atoms with E-state index < -0.39 is 11.2 Å². The molecule has 2 bridgehead atoms. The Balaban J connectivity index is 1.16. The summed E-state index contributed by atoms with van der Waals surface area (Å²) in [7, 11) is 3.63. The first-order valence-corrected chi connectivity index (χ1v) is 16.4. The van der Waals surface area contributed by atoms with Crippen molar-refractivity contribution in [3.05, 3.63) is 74.9 Å². The van der Waals surface area contributed by atoms with Gasteiger partial charge in [0.1, 0.15) is 16.9 Å². The molecular weight excluding hydrogens is 594 g/mol. The van der Waals surface area contributed by atoms with Crippen LogP contribution in [0.5, 0.6) is 5.75 Å². The Hall–Kier alpha value is -5.19. The van der Waals surface area contributed by atoms with E-state index in [4.69, 9.17) is 14.7 Å². The van der Waals surface area contributed by atoms with Crippen LogP contribution >= 0.6 is 0 Å². The highest BCUT2D eigenvalue weighted by molar-refractivity contribution is 6.00. The Labute approximate surface area is 269 Å². The Bertz CT molecular complexity index is 2390. The van der Waals surface area contributed by atoms with Crippen LogP contribution in [0.25, 0.3) is 55.7 Å². The molecule has 9 rings (SSSR count). The number of hydrogen-bond donors (Lipinski definition) is 2. The third kappa shape index (κ3) is 4.35. The number of carbonyl (C=O) groups is 1. The molecule has 2 saturated carbocycles. The van der Waals surface area contributed by atoms with E-state index >= 15 is 0 Å². The van der Waals surface area contributed by atoms with Gasteiger partial charge < -0.3 is 23.8 Å². The molecule has 3 atom stereocenters. The number of methoxy groups -OCH3 is 1. The number of rotatable bonds is 6. The number of nitrogens with one attached hydrogen (secondary N) is 2. The zero-order valence-corrected chi connectivity index (χ0v) is 26.5. The maximum Gasteiger partial charge on any atom is 0.326 e. The number of fused-ring (bicyclic) bond motifs is 5. The third-order valence-corrected chi connectivity index (χ3v) is 10.8. The molecule has 3 aliphatic rings. The van der Waals surface area contributed by atoms with Crippen molar-refractivity contribution in [3.63, 3.8) is 0 Å². The zero-order chi connectivity index (χ0) is 32.1. The molecule has 11 nitrogen and oxygen atoms in total. The van der Waals surface area contributed by atoms with Gasteiger partial charge in [0, 0.05) is 42.7 Å². The number of aryl methyl sites for hydroxylation is 1. The van der Waals surface area contributed by atoms with Crippen molar-refractivity contribution in [2.75, 3.05) is 13.7 Å². The fraction of sp³-hybridized carbons (Fsp3) is 0.361. The molecule has 6 aromatic rings. The SMILES string of the molecule is COc1cc(C(=O)N2CC3CCC2[C@@H]3C)cc2nc(-c3cc4ccc(-c5ccc6c(=O)[nH]c(=O)[nH]c6c5)nc4n3CC3CC3)n(C)c12. The number of aromatic nitrogens is 6. The van der Waals surface area contributed by atoms with Gasteiger partial charge in [0.25, 0.3) is 11.5 Å². The smallest absolute Gasteiger partial charge is 0.326 e. The molecule has 2 unspecified atom stereocenters. The number of ether oxygens (including phenoxy) is 1. The fourth-order valence-corrected chi connectivity index (χ4v) is 8.07. The number of piperidine rings is 1. The van der Waals surface area contributed by atoms with Gasteiger partial charge in [0.2, 0.25) is 0 Å². The summed E-state index contributed by atoms with van der Waals surface area (Å²) in [5.74, 6) is 3.16. The van der Waals surface area contributed by atoms with Crippen molar-refractivity contribution in [1.29, 1.82) is 0 Å². The largest absolute Gasteiger partial charge is 0.494 e. The summed E-state index contributed by atoms with van der Waals surface area (Å²) in [6, 6.07) is 15.6. The van der Waals surface area contributed by atoms with Crippen molar-refractivity contribution in [1.82, 2.24) is 34.0 Å². The summed E-state index contributed by atoms with van der Waals surface area (Å²) in [6.45, 7) is 3.91. The van der Waals surface area contributed by atoms with Crippen molar-refractivity contribution >= 4 is 38.9 Å². The van der Waals surface area contributed by atoms with Gasteiger partial charge >= 0.3 is 5.69 Å². The number of carbonyl (C=O) groups excluding carboxylic acids is 1.